The fourth-order valence-corrected chi connectivity index (χ4v) is 3.27. The van der Waals surface area contributed by atoms with Crippen LogP contribution in [0, 0.1) is 0 Å². The van der Waals surface area contributed by atoms with Crippen LogP contribution in [0.5, 0.6) is 0 Å². The van der Waals surface area contributed by atoms with E-state index < -0.39 is 24.0 Å². The van der Waals surface area contributed by atoms with Gasteiger partial charge in [-0.2, -0.15) is 0 Å². The Morgan fingerprint density at radius 3 is 2.52 bits per heavy atom. The number of benzene rings is 2. The quantitative estimate of drug-likeness (QED) is 0.596. The summed E-state index contributed by atoms with van der Waals surface area (Å²) >= 11 is 0. The van der Waals surface area contributed by atoms with Crippen LogP contribution in [-0.4, -0.2) is 29.0 Å². The smallest absolute Gasteiger partial charge is 0.339 e. The molecule has 0 unspecified atom stereocenters. The number of rotatable bonds is 6. The maximum absolute atomic E-state index is 12.8. The minimum absolute atomic E-state index is 0.279. The number of carbonyl (C=O) groups is 3. The molecule has 0 bridgehead atoms. The first-order chi connectivity index (χ1) is 15.0. The molecular formula is C24H23N3O4. The van der Waals surface area contributed by atoms with E-state index >= 15 is 0 Å². The summed E-state index contributed by atoms with van der Waals surface area (Å²) in [6.45, 7) is 1.71. The van der Waals surface area contributed by atoms with Crippen molar-refractivity contribution in [2.24, 2.45) is 0 Å². The molecule has 2 N–H and O–H groups in total. The number of aromatic nitrogens is 1. The number of para-hydroxylation sites is 1. The largest absolute Gasteiger partial charge is 0.449 e. The summed E-state index contributed by atoms with van der Waals surface area (Å²) in [6, 6.07) is 17.8. The van der Waals surface area contributed by atoms with Crippen LogP contribution in [0.15, 0.2) is 60.7 Å². The molecule has 1 atom stereocenters. The van der Waals surface area contributed by atoms with Gasteiger partial charge in [-0.1, -0.05) is 48.5 Å². The van der Waals surface area contributed by atoms with Crippen LogP contribution in [0.25, 0.3) is 10.9 Å². The molecule has 1 fully saturated rings. The number of fused-ring (bicyclic) bond motifs is 1. The van der Waals surface area contributed by atoms with Gasteiger partial charge < -0.3 is 10.1 Å². The SMILES string of the molecule is C[C@@H](OC(=O)c1cc(C2CC2)nc2ccccc12)C(=O)NC(=O)NCc1ccccc1. The van der Waals surface area contributed by atoms with E-state index in [9.17, 15) is 14.4 Å². The summed E-state index contributed by atoms with van der Waals surface area (Å²) in [7, 11) is 0. The fourth-order valence-electron chi connectivity index (χ4n) is 3.27. The van der Waals surface area contributed by atoms with Gasteiger partial charge in [-0.25, -0.2) is 9.59 Å². The lowest BCUT2D eigenvalue weighted by Crippen LogP contribution is -2.44. The Labute approximate surface area is 179 Å². The Bertz CT molecular complexity index is 1130. The van der Waals surface area contributed by atoms with Crippen LogP contribution in [0.4, 0.5) is 4.79 Å². The van der Waals surface area contributed by atoms with E-state index in [0.717, 1.165) is 29.6 Å². The molecule has 3 aromatic rings. The first-order valence-electron chi connectivity index (χ1n) is 10.2. The second-order valence-corrected chi connectivity index (χ2v) is 7.59. The molecule has 158 valence electrons. The first-order valence-corrected chi connectivity index (χ1v) is 10.2. The van der Waals surface area contributed by atoms with Gasteiger partial charge in [-0.05, 0) is 37.5 Å². The van der Waals surface area contributed by atoms with Crippen molar-refractivity contribution >= 4 is 28.8 Å². The van der Waals surface area contributed by atoms with Gasteiger partial charge in [0.1, 0.15) is 0 Å². The van der Waals surface area contributed by atoms with Crippen LogP contribution in [-0.2, 0) is 16.1 Å². The molecule has 4 rings (SSSR count). The summed E-state index contributed by atoms with van der Waals surface area (Å²) < 4.78 is 5.37. The van der Waals surface area contributed by atoms with Crippen molar-refractivity contribution in [1.29, 1.82) is 0 Å². The monoisotopic (exact) mass is 417 g/mol. The number of ether oxygens (including phenoxy) is 1. The molecule has 1 aliphatic rings. The Morgan fingerprint density at radius 2 is 1.77 bits per heavy atom. The zero-order valence-corrected chi connectivity index (χ0v) is 17.1. The number of pyridine rings is 1. The molecular weight excluding hydrogens is 394 g/mol. The lowest BCUT2D eigenvalue weighted by atomic mass is 10.1. The standard InChI is InChI=1S/C24H23N3O4/c1-15(22(28)27-24(30)25-14-16-7-3-2-4-8-16)31-23(29)19-13-21(17-11-12-17)26-20-10-6-5-9-18(19)20/h2-10,13,15,17H,11-12,14H2,1H3,(H2,25,27,28,30)/t15-/m1/s1. The molecule has 0 spiro atoms. The highest BCUT2D eigenvalue weighted by atomic mass is 16.5. The zero-order valence-electron chi connectivity index (χ0n) is 17.1. The van der Waals surface area contributed by atoms with Gasteiger partial charge in [-0.15, -0.1) is 0 Å². The van der Waals surface area contributed by atoms with E-state index in [1.165, 1.54) is 6.92 Å². The van der Waals surface area contributed by atoms with Crippen LogP contribution in [0.3, 0.4) is 0 Å². The number of hydrogen-bond acceptors (Lipinski definition) is 5. The van der Waals surface area contributed by atoms with Crippen molar-refractivity contribution in [2.75, 3.05) is 0 Å². The highest BCUT2D eigenvalue weighted by Gasteiger charge is 2.28. The third kappa shape index (κ3) is 5.06. The Balaban J connectivity index is 1.39. The van der Waals surface area contributed by atoms with Crippen molar-refractivity contribution in [3.05, 3.63) is 77.5 Å². The topological polar surface area (TPSA) is 97.4 Å². The summed E-state index contributed by atoms with van der Waals surface area (Å²) in [5, 5.41) is 5.48. The van der Waals surface area contributed by atoms with Gasteiger partial charge >= 0.3 is 12.0 Å². The van der Waals surface area contributed by atoms with Crippen molar-refractivity contribution < 1.29 is 19.1 Å². The maximum Gasteiger partial charge on any atom is 0.339 e. The molecule has 7 heteroatoms. The van der Waals surface area contributed by atoms with Crippen LogP contribution >= 0.6 is 0 Å². The van der Waals surface area contributed by atoms with Crippen LogP contribution in [0.1, 0.15) is 47.3 Å². The maximum atomic E-state index is 12.8. The minimum Gasteiger partial charge on any atom is -0.449 e. The van der Waals surface area contributed by atoms with Gasteiger partial charge in [0.25, 0.3) is 5.91 Å². The van der Waals surface area contributed by atoms with Crippen molar-refractivity contribution in [3.8, 4) is 0 Å². The molecule has 1 heterocycles. The highest BCUT2D eigenvalue weighted by molar-refractivity contribution is 6.05. The van der Waals surface area contributed by atoms with E-state index in [1.807, 2.05) is 48.5 Å². The molecule has 3 amide bonds. The second-order valence-electron chi connectivity index (χ2n) is 7.59. The van der Waals surface area contributed by atoms with E-state index in [1.54, 1.807) is 12.1 Å². The lowest BCUT2D eigenvalue weighted by molar-refractivity contribution is -0.127. The Morgan fingerprint density at radius 1 is 1.06 bits per heavy atom. The average molecular weight is 417 g/mol. The lowest BCUT2D eigenvalue weighted by Gasteiger charge is -2.15. The van der Waals surface area contributed by atoms with Crippen LogP contribution < -0.4 is 10.6 Å². The normalized spacial score (nSPS) is 14.0. The van der Waals surface area contributed by atoms with E-state index in [2.05, 4.69) is 15.6 Å². The van der Waals surface area contributed by atoms with Gasteiger partial charge in [0.05, 0.1) is 11.1 Å². The number of carbonyl (C=O) groups excluding carboxylic acids is 3. The predicted molar refractivity (Wildman–Crippen MR) is 115 cm³/mol. The van der Waals surface area contributed by atoms with E-state index in [-0.39, 0.29) is 6.54 Å². The molecule has 7 nitrogen and oxygen atoms in total. The van der Waals surface area contributed by atoms with E-state index in [0.29, 0.717) is 16.9 Å². The number of nitrogens with zero attached hydrogens (tertiary/aromatic N) is 1. The Hall–Kier alpha value is -3.74. The number of amides is 3. The van der Waals surface area contributed by atoms with Gasteiger partial charge in [0, 0.05) is 23.5 Å². The van der Waals surface area contributed by atoms with Crippen LogP contribution in [0.2, 0.25) is 0 Å². The fraction of sp³-hybridized carbons (Fsp3) is 0.250. The minimum atomic E-state index is -1.13. The van der Waals surface area contributed by atoms with Crippen molar-refractivity contribution in [3.63, 3.8) is 0 Å². The molecule has 1 saturated carbocycles. The number of esters is 1. The predicted octanol–water partition coefficient (Wildman–Crippen LogP) is 3.68. The zero-order chi connectivity index (χ0) is 21.8. The molecule has 0 aliphatic heterocycles. The van der Waals surface area contributed by atoms with Crippen molar-refractivity contribution in [2.45, 2.75) is 38.3 Å². The second kappa shape index (κ2) is 8.95. The molecule has 31 heavy (non-hydrogen) atoms. The number of hydrogen-bond donors (Lipinski definition) is 2. The molecule has 2 aromatic carbocycles. The summed E-state index contributed by atoms with van der Waals surface area (Å²) in [5.41, 5.74) is 2.86. The van der Waals surface area contributed by atoms with E-state index in [4.69, 9.17) is 4.74 Å². The molecule has 0 radical (unpaired) electrons. The van der Waals surface area contributed by atoms with Gasteiger partial charge in [0.2, 0.25) is 0 Å². The van der Waals surface area contributed by atoms with Gasteiger partial charge in [-0.3, -0.25) is 15.1 Å². The molecule has 1 aliphatic carbocycles. The average Bonchev–Trinajstić information content (AvgIpc) is 3.63. The third-order valence-corrected chi connectivity index (χ3v) is 5.14. The van der Waals surface area contributed by atoms with Gasteiger partial charge in [0.15, 0.2) is 6.10 Å². The summed E-state index contributed by atoms with van der Waals surface area (Å²) in [5.74, 6) is -0.947. The summed E-state index contributed by atoms with van der Waals surface area (Å²) in [4.78, 5) is 41.8. The van der Waals surface area contributed by atoms with Crippen molar-refractivity contribution in [1.82, 2.24) is 15.6 Å². The highest BCUT2D eigenvalue weighted by Crippen LogP contribution is 2.40. The summed E-state index contributed by atoms with van der Waals surface area (Å²) in [6.07, 6.45) is 0.972. The number of urea groups is 1. The third-order valence-electron chi connectivity index (χ3n) is 5.14. The Kier molecular flexibility index (Phi) is 5.93. The number of nitrogens with one attached hydrogen (secondary N) is 2. The number of imide groups is 1. The molecule has 0 saturated heterocycles. The first kappa shape index (κ1) is 20.5. The molecule has 1 aromatic heterocycles.